The number of ether oxygens (including phenoxy) is 1. The number of hydrogen-bond acceptors (Lipinski definition) is 6. The molecule has 124 valence electrons. The summed E-state index contributed by atoms with van der Waals surface area (Å²) in [5.74, 6) is -3.73. The largest absolute Gasteiger partial charge is 0.573 e. The molecule has 7 nitrogen and oxygen atoms in total. The Morgan fingerprint density at radius 1 is 1.23 bits per heavy atom. The lowest BCUT2D eigenvalue weighted by Crippen LogP contribution is -2.22. The molecule has 0 atom stereocenters. The van der Waals surface area contributed by atoms with Gasteiger partial charge in [-0.2, -0.15) is 13.2 Å². The van der Waals surface area contributed by atoms with E-state index in [2.05, 4.69) is 20.4 Å². The summed E-state index contributed by atoms with van der Waals surface area (Å²) < 4.78 is 99.8. The third-order valence-electron chi connectivity index (χ3n) is 1.85. The zero-order valence-electron chi connectivity index (χ0n) is 9.57. The number of hydrogen-bond donors (Lipinski definition) is 0. The van der Waals surface area contributed by atoms with Crippen LogP contribution in [-0.4, -0.2) is 24.7 Å². The van der Waals surface area contributed by atoms with Crippen LogP contribution in [0.2, 0.25) is 0 Å². The predicted molar refractivity (Wildman–Crippen MR) is 55.6 cm³/mol. The second-order valence-corrected chi connectivity index (χ2v) is 5.90. The Morgan fingerprint density at radius 3 is 2.05 bits per heavy atom. The number of halogens is 7. The van der Waals surface area contributed by atoms with Gasteiger partial charge in [-0.1, -0.05) is 0 Å². The molecule has 0 bridgehead atoms. The van der Waals surface area contributed by atoms with Crippen molar-refractivity contribution in [2.24, 2.45) is 0 Å². The van der Waals surface area contributed by atoms with Gasteiger partial charge in [-0.25, -0.2) is 8.42 Å². The third-order valence-corrected chi connectivity index (χ3v) is 3.20. The van der Waals surface area contributed by atoms with Gasteiger partial charge in [0, 0.05) is 10.7 Å². The van der Waals surface area contributed by atoms with Crippen LogP contribution in [0, 0.1) is 10.1 Å². The Kier molecular flexibility index (Phi) is 4.49. The van der Waals surface area contributed by atoms with E-state index in [1.54, 1.807) is 0 Å². The van der Waals surface area contributed by atoms with Crippen molar-refractivity contribution in [3.8, 4) is 5.75 Å². The lowest BCUT2D eigenvalue weighted by atomic mass is 10.3. The van der Waals surface area contributed by atoms with E-state index in [0.717, 1.165) is 0 Å². The molecule has 0 amide bonds. The Bertz CT molecular complexity index is 715. The second kappa shape index (κ2) is 5.42. The summed E-state index contributed by atoms with van der Waals surface area (Å²) in [4.78, 5) is 9.04. The summed E-state index contributed by atoms with van der Waals surface area (Å²) in [6.45, 7) is 0. The molecular formula is C7HClF6N2O5S. The average molecular weight is 375 g/mol. The first kappa shape index (κ1) is 18.2. The Balaban J connectivity index is 3.86. The first-order valence-electron chi connectivity index (χ1n) is 4.60. The lowest BCUT2D eigenvalue weighted by Gasteiger charge is -2.13. The minimum atomic E-state index is -5.65. The van der Waals surface area contributed by atoms with Gasteiger partial charge >= 0.3 is 18.4 Å². The summed E-state index contributed by atoms with van der Waals surface area (Å²) >= 11 is 0. The topological polar surface area (TPSA) is 99.4 Å². The molecule has 0 saturated heterocycles. The van der Waals surface area contributed by atoms with Gasteiger partial charge < -0.3 is 14.9 Å². The molecule has 0 saturated carbocycles. The summed E-state index contributed by atoms with van der Waals surface area (Å²) in [5, 5.41) is 10.4. The highest BCUT2D eigenvalue weighted by Gasteiger charge is 2.48. The van der Waals surface area contributed by atoms with E-state index in [9.17, 15) is 44.9 Å². The molecule has 1 heterocycles. The monoisotopic (exact) mass is 374 g/mol. The second-order valence-electron chi connectivity index (χ2n) is 3.40. The summed E-state index contributed by atoms with van der Waals surface area (Å²) in [6.07, 6.45) is -11.3. The molecule has 15 heteroatoms. The van der Waals surface area contributed by atoms with E-state index >= 15 is 0 Å². The highest BCUT2D eigenvalue weighted by molar-refractivity contribution is 8.13. The van der Waals surface area contributed by atoms with Gasteiger partial charge in [0.2, 0.25) is 0 Å². The molecule has 0 radical (unpaired) electrons. The summed E-state index contributed by atoms with van der Waals surface area (Å²) in [7, 11) is -0.769. The SMILES string of the molecule is O=[N+]([O-])c1cc(OC(F)(F)F)c(S(=O)(=O)Cl)c(C(F)(F)F)n1. The minimum Gasteiger partial charge on any atom is -0.404 e. The van der Waals surface area contributed by atoms with Gasteiger partial charge in [-0.3, -0.25) is 0 Å². The minimum absolute atomic E-state index is 0.238. The summed E-state index contributed by atoms with van der Waals surface area (Å²) in [5.41, 5.74) is -2.50. The molecule has 22 heavy (non-hydrogen) atoms. The van der Waals surface area contributed by atoms with Crippen LogP contribution < -0.4 is 4.74 Å². The highest BCUT2D eigenvalue weighted by atomic mass is 35.7. The molecule has 0 unspecified atom stereocenters. The normalized spacial score (nSPS) is 13.0. The van der Waals surface area contributed by atoms with Crippen LogP contribution >= 0.6 is 10.7 Å². The van der Waals surface area contributed by atoms with Gasteiger partial charge in [0.15, 0.2) is 10.6 Å². The Labute approximate surface area is 121 Å². The van der Waals surface area contributed by atoms with Crippen LogP contribution in [0.4, 0.5) is 32.2 Å². The molecular weight excluding hydrogens is 374 g/mol. The molecule has 0 aliphatic carbocycles. The van der Waals surface area contributed by atoms with Crippen LogP contribution in [0.15, 0.2) is 11.0 Å². The van der Waals surface area contributed by atoms with Crippen molar-refractivity contribution in [3.63, 3.8) is 0 Å². The van der Waals surface area contributed by atoms with Gasteiger partial charge in [0.05, 0.1) is 6.07 Å². The number of aromatic nitrogens is 1. The highest BCUT2D eigenvalue weighted by Crippen LogP contribution is 2.42. The standard InChI is InChI=1S/C7HClF6N2O5S/c8-22(19,20)4-2(21-7(12,13)14)1-3(16(17)18)15-5(4)6(9,10)11/h1H. The maximum Gasteiger partial charge on any atom is 0.573 e. The van der Waals surface area contributed by atoms with Crippen molar-refractivity contribution in [2.75, 3.05) is 0 Å². The third kappa shape index (κ3) is 4.33. The van der Waals surface area contributed by atoms with Crippen LogP contribution in [0.1, 0.15) is 5.69 Å². The Hall–Kier alpha value is -1.83. The van der Waals surface area contributed by atoms with E-state index in [0.29, 0.717) is 0 Å². The van der Waals surface area contributed by atoms with Gasteiger partial charge in [-0.15, -0.1) is 13.2 Å². The van der Waals surface area contributed by atoms with Crippen LogP contribution in [0.25, 0.3) is 0 Å². The Morgan fingerprint density at radius 2 is 1.73 bits per heavy atom. The average Bonchev–Trinajstić information content (AvgIpc) is 2.22. The number of nitrogens with zero attached hydrogens (tertiary/aromatic N) is 2. The smallest absolute Gasteiger partial charge is 0.404 e. The van der Waals surface area contributed by atoms with Gasteiger partial charge in [0.1, 0.15) is 0 Å². The number of alkyl halides is 6. The lowest BCUT2D eigenvalue weighted by molar-refractivity contribution is -0.390. The van der Waals surface area contributed by atoms with Crippen molar-refractivity contribution < 1.29 is 44.4 Å². The quantitative estimate of drug-likeness (QED) is 0.349. The fraction of sp³-hybridized carbons (Fsp3) is 0.286. The molecule has 0 N–H and O–H groups in total. The molecule has 0 spiro atoms. The fourth-order valence-corrected chi connectivity index (χ4v) is 2.40. The first-order valence-corrected chi connectivity index (χ1v) is 6.91. The molecule has 0 aliphatic rings. The molecule has 0 fully saturated rings. The molecule has 1 aromatic rings. The van der Waals surface area contributed by atoms with Crippen LogP contribution in [-0.2, 0) is 15.2 Å². The maximum absolute atomic E-state index is 12.7. The van der Waals surface area contributed by atoms with Gasteiger partial charge in [-0.05, 0) is 9.91 Å². The van der Waals surface area contributed by atoms with Crippen molar-refractivity contribution in [1.82, 2.24) is 4.98 Å². The molecule has 0 aromatic carbocycles. The van der Waals surface area contributed by atoms with Crippen molar-refractivity contribution in [3.05, 3.63) is 21.9 Å². The molecule has 1 rings (SSSR count). The molecule has 0 aliphatic heterocycles. The van der Waals surface area contributed by atoms with Gasteiger partial charge in [0.25, 0.3) is 14.7 Å². The van der Waals surface area contributed by atoms with E-state index in [-0.39, 0.29) is 6.07 Å². The van der Waals surface area contributed by atoms with Crippen molar-refractivity contribution in [1.29, 1.82) is 0 Å². The number of pyridine rings is 1. The summed E-state index contributed by atoms with van der Waals surface area (Å²) in [6, 6.07) is -0.238. The van der Waals surface area contributed by atoms with E-state index in [1.165, 1.54) is 0 Å². The zero-order valence-corrected chi connectivity index (χ0v) is 11.1. The van der Waals surface area contributed by atoms with Crippen LogP contribution in [0.3, 0.4) is 0 Å². The molecule has 1 aromatic heterocycles. The van der Waals surface area contributed by atoms with Crippen molar-refractivity contribution >= 4 is 25.6 Å². The first-order chi connectivity index (χ1) is 9.63. The van der Waals surface area contributed by atoms with E-state index < -0.39 is 48.7 Å². The van der Waals surface area contributed by atoms with E-state index in [1.807, 2.05) is 0 Å². The zero-order chi connectivity index (χ0) is 17.5. The van der Waals surface area contributed by atoms with E-state index in [4.69, 9.17) is 0 Å². The van der Waals surface area contributed by atoms with Crippen LogP contribution in [0.5, 0.6) is 5.75 Å². The fourth-order valence-electron chi connectivity index (χ4n) is 1.22. The number of nitro groups is 1. The maximum atomic E-state index is 12.7. The van der Waals surface area contributed by atoms with Crippen molar-refractivity contribution in [2.45, 2.75) is 17.4 Å². The predicted octanol–water partition coefficient (Wildman–Crippen LogP) is 2.83. The number of rotatable bonds is 3.